The molecule has 0 bridgehead atoms. The van der Waals surface area contributed by atoms with Crippen LogP contribution in [0.2, 0.25) is 0 Å². The number of ketones is 2. The average Bonchev–Trinajstić information content (AvgIpc) is 3.19. The molecule has 1 atom stereocenters. The predicted octanol–water partition coefficient (Wildman–Crippen LogP) is 3.10. The molecule has 0 unspecified atom stereocenters. The average molecular weight is 408 g/mol. The third kappa shape index (κ3) is 3.70. The number of carbonyl (C=O) groups excluding carboxylic acids is 2. The van der Waals surface area contributed by atoms with Crippen molar-refractivity contribution in [3.05, 3.63) is 36.1 Å². The molecule has 2 aromatic heterocycles. The molecule has 1 saturated heterocycles. The van der Waals surface area contributed by atoms with Crippen LogP contribution < -0.4 is 4.74 Å². The Morgan fingerprint density at radius 2 is 2.00 bits per heavy atom. The van der Waals surface area contributed by atoms with Crippen molar-refractivity contribution in [3.63, 3.8) is 0 Å². The summed E-state index contributed by atoms with van der Waals surface area (Å²) < 4.78 is 17.0. The highest BCUT2D eigenvalue weighted by molar-refractivity contribution is 6.10. The lowest BCUT2D eigenvalue weighted by Gasteiger charge is -2.26. The van der Waals surface area contributed by atoms with Crippen LogP contribution in [0.3, 0.4) is 0 Å². The summed E-state index contributed by atoms with van der Waals surface area (Å²) in [5.74, 6) is 0.287. The highest BCUT2D eigenvalue weighted by atomic mass is 16.5. The summed E-state index contributed by atoms with van der Waals surface area (Å²) in [6.45, 7) is 4.82. The van der Waals surface area contributed by atoms with Crippen LogP contribution in [0.15, 0.2) is 34.9 Å². The van der Waals surface area contributed by atoms with E-state index < -0.39 is 0 Å². The van der Waals surface area contributed by atoms with Crippen LogP contribution in [-0.2, 0) is 14.3 Å². The summed E-state index contributed by atoms with van der Waals surface area (Å²) in [7, 11) is 0. The van der Waals surface area contributed by atoms with Gasteiger partial charge in [0, 0.05) is 54.4 Å². The first-order valence-corrected chi connectivity index (χ1v) is 10.5. The highest BCUT2D eigenvalue weighted by Gasteiger charge is 2.31. The summed E-state index contributed by atoms with van der Waals surface area (Å²) in [6.07, 6.45) is 2.66. The number of fused-ring (bicyclic) bond motifs is 3. The fourth-order valence-electron chi connectivity index (χ4n) is 4.39. The van der Waals surface area contributed by atoms with E-state index in [0.717, 1.165) is 60.3 Å². The number of hydrogen-bond acceptors (Lipinski definition) is 7. The number of morpholine rings is 1. The zero-order valence-corrected chi connectivity index (χ0v) is 16.8. The Kier molecular flexibility index (Phi) is 5.23. The molecule has 7 heteroatoms. The van der Waals surface area contributed by atoms with E-state index in [1.165, 1.54) is 0 Å². The summed E-state index contributed by atoms with van der Waals surface area (Å²) in [5.41, 5.74) is 2.38. The Bertz CT molecular complexity index is 1100. The van der Waals surface area contributed by atoms with Crippen LogP contribution in [-0.4, -0.2) is 60.9 Å². The smallest absolute Gasteiger partial charge is 0.213 e. The topological polar surface area (TPSA) is 81.9 Å². The number of Topliss-reactive ketones (excluding diaryl/α,β-unsaturated/α-hetero) is 2. The molecule has 2 fully saturated rings. The van der Waals surface area contributed by atoms with Crippen molar-refractivity contribution in [2.45, 2.75) is 25.2 Å². The van der Waals surface area contributed by atoms with Crippen LogP contribution >= 0.6 is 0 Å². The first-order chi connectivity index (χ1) is 14.7. The van der Waals surface area contributed by atoms with Gasteiger partial charge >= 0.3 is 0 Å². The second-order valence-corrected chi connectivity index (χ2v) is 7.92. The maximum Gasteiger partial charge on any atom is 0.213 e. The Labute approximate surface area is 173 Å². The molecule has 0 spiro atoms. The van der Waals surface area contributed by atoms with Crippen molar-refractivity contribution < 1.29 is 23.5 Å². The molecule has 2 aliphatic rings. The van der Waals surface area contributed by atoms with Crippen molar-refractivity contribution in [2.75, 3.05) is 39.5 Å². The minimum absolute atomic E-state index is 0.0154. The van der Waals surface area contributed by atoms with Gasteiger partial charge in [-0.1, -0.05) is 0 Å². The molecule has 3 heterocycles. The van der Waals surface area contributed by atoms with Crippen LogP contribution in [0, 0.1) is 0 Å². The zero-order chi connectivity index (χ0) is 20.5. The van der Waals surface area contributed by atoms with Gasteiger partial charge in [0.05, 0.1) is 31.4 Å². The maximum absolute atomic E-state index is 12.5. The number of carbonyl (C=O) groups is 2. The van der Waals surface area contributed by atoms with Gasteiger partial charge in [0.15, 0.2) is 0 Å². The van der Waals surface area contributed by atoms with Gasteiger partial charge in [0.25, 0.3) is 0 Å². The molecule has 0 radical (unpaired) electrons. The van der Waals surface area contributed by atoms with Gasteiger partial charge in [0.1, 0.15) is 23.8 Å². The van der Waals surface area contributed by atoms with E-state index in [1.54, 1.807) is 6.26 Å². The first kappa shape index (κ1) is 19.2. The van der Waals surface area contributed by atoms with Crippen molar-refractivity contribution in [2.24, 2.45) is 0 Å². The summed E-state index contributed by atoms with van der Waals surface area (Å²) in [6, 6.07) is 7.63. The lowest BCUT2D eigenvalue weighted by Crippen LogP contribution is -2.38. The standard InChI is InChI=1S/C23H24N2O5/c26-15-1-2-16(20(27)13-15)18-14-30-21-5-4-19-17(23(18)21)3-6-22(24-19)29-12-9-25-7-10-28-11-8-25/h3-6,14,16H,1-2,7-13H2/t16-/m0/s1. The van der Waals surface area contributed by atoms with Crippen LogP contribution in [0.25, 0.3) is 21.9 Å². The second kappa shape index (κ2) is 8.16. The number of rotatable bonds is 5. The van der Waals surface area contributed by atoms with Gasteiger partial charge < -0.3 is 13.9 Å². The Morgan fingerprint density at radius 3 is 2.83 bits per heavy atom. The van der Waals surface area contributed by atoms with Crippen LogP contribution in [0.1, 0.15) is 30.7 Å². The van der Waals surface area contributed by atoms with Crippen molar-refractivity contribution >= 4 is 33.4 Å². The van der Waals surface area contributed by atoms with E-state index in [9.17, 15) is 9.59 Å². The van der Waals surface area contributed by atoms with Crippen molar-refractivity contribution in [1.82, 2.24) is 9.88 Å². The SMILES string of the molecule is O=C1CC[C@@H](c2coc3ccc4nc(OCCN5CCOCC5)ccc4c23)C(=O)C1. The largest absolute Gasteiger partial charge is 0.476 e. The molecular formula is C23H24N2O5. The Balaban J connectivity index is 1.39. The number of pyridine rings is 1. The maximum atomic E-state index is 12.5. The molecule has 0 N–H and O–H groups in total. The summed E-state index contributed by atoms with van der Waals surface area (Å²) >= 11 is 0. The fraction of sp³-hybridized carbons (Fsp3) is 0.435. The number of aromatic nitrogens is 1. The zero-order valence-electron chi connectivity index (χ0n) is 16.8. The molecule has 1 saturated carbocycles. The quantitative estimate of drug-likeness (QED) is 0.600. The normalized spacial score (nSPS) is 20.9. The second-order valence-electron chi connectivity index (χ2n) is 7.92. The molecule has 156 valence electrons. The van der Waals surface area contributed by atoms with E-state index in [-0.39, 0.29) is 23.9 Å². The molecular weight excluding hydrogens is 384 g/mol. The molecule has 3 aromatic rings. The monoisotopic (exact) mass is 408 g/mol. The van der Waals surface area contributed by atoms with Crippen LogP contribution in [0.5, 0.6) is 5.88 Å². The number of nitrogens with zero attached hydrogens (tertiary/aromatic N) is 2. The van der Waals surface area contributed by atoms with Crippen LogP contribution in [0.4, 0.5) is 0 Å². The minimum atomic E-state index is -0.293. The summed E-state index contributed by atoms with van der Waals surface area (Å²) in [4.78, 5) is 31.1. The molecule has 1 aliphatic heterocycles. The Hall–Kier alpha value is -2.77. The van der Waals surface area contributed by atoms with Crippen molar-refractivity contribution in [3.8, 4) is 5.88 Å². The molecule has 0 amide bonds. The van der Waals surface area contributed by atoms with Gasteiger partial charge in [-0.3, -0.25) is 14.5 Å². The van der Waals surface area contributed by atoms with Crippen molar-refractivity contribution in [1.29, 1.82) is 0 Å². The fourth-order valence-corrected chi connectivity index (χ4v) is 4.39. The molecule has 5 rings (SSSR count). The number of hydrogen-bond donors (Lipinski definition) is 0. The lowest BCUT2D eigenvalue weighted by molar-refractivity contribution is -0.130. The molecule has 7 nitrogen and oxygen atoms in total. The predicted molar refractivity (Wildman–Crippen MR) is 111 cm³/mol. The van der Waals surface area contributed by atoms with Gasteiger partial charge in [-0.2, -0.15) is 0 Å². The lowest BCUT2D eigenvalue weighted by atomic mass is 9.82. The van der Waals surface area contributed by atoms with E-state index >= 15 is 0 Å². The molecule has 30 heavy (non-hydrogen) atoms. The van der Waals surface area contributed by atoms with E-state index in [0.29, 0.717) is 25.3 Å². The van der Waals surface area contributed by atoms with Gasteiger partial charge in [-0.05, 0) is 24.6 Å². The highest BCUT2D eigenvalue weighted by Crippen LogP contribution is 2.38. The van der Waals surface area contributed by atoms with Gasteiger partial charge in [0.2, 0.25) is 5.88 Å². The van der Waals surface area contributed by atoms with E-state index in [4.69, 9.17) is 13.9 Å². The number of ether oxygens (including phenoxy) is 2. The molecule has 1 aromatic carbocycles. The number of furan rings is 1. The van der Waals surface area contributed by atoms with Gasteiger partial charge in [-0.25, -0.2) is 4.98 Å². The van der Waals surface area contributed by atoms with E-state index in [2.05, 4.69) is 9.88 Å². The first-order valence-electron chi connectivity index (χ1n) is 10.5. The minimum Gasteiger partial charge on any atom is -0.476 e. The summed E-state index contributed by atoms with van der Waals surface area (Å²) in [5, 5.41) is 1.84. The third-order valence-corrected chi connectivity index (χ3v) is 6.02. The number of benzene rings is 1. The molecule has 1 aliphatic carbocycles. The van der Waals surface area contributed by atoms with Gasteiger partial charge in [-0.15, -0.1) is 0 Å². The van der Waals surface area contributed by atoms with E-state index in [1.807, 2.05) is 24.3 Å². The third-order valence-electron chi connectivity index (χ3n) is 6.02. The Morgan fingerprint density at radius 1 is 1.13 bits per heavy atom.